The summed E-state index contributed by atoms with van der Waals surface area (Å²) in [5, 5.41) is 18.5. The van der Waals surface area contributed by atoms with Gasteiger partial charge in [0.1, 0.15) is 5.75 Å². The molecule has 0 spiro atoms. The lowest BCUT2D eigenvalue weighted by Gasteiger charge is -2.12. The molecule has 0 aliphatic heterocycles. The van der Waals surface area contributed by atoms with Crippen LogP contribution in [0.15, 0.2) is 16.6 Å². The molecule has 1 rings (SSSR count). The van der Waals surface area contributed by atoms with Crippen LogP contribution in [0.4, 0.5) is 0 Å². The van der Waals surface area contributed by atoms with Crippen molar-refractivity contribution < 1.29 is 15.0 Å². The minimum absolute atomic E-state index is 0.0914. The Morgan fingerprint density at radius 3 is 2.53 bits per heavy atom. The third-order valence-electron chi connectivity index (χ3n) is 1.88. The SMILES string of the molecule is CN(C)Cc1cc(C(=O)O)cc(Br)c1O. The fraction of sp³-hybridized carbons (Fsp3) is 0.300. The molecule has 0 fully saturated rings. The summed E-state index contributed by atoms with van der Waals surface area (Å²) in [4.78, 5) is 12.6. The zero-order valence-corrected chi connectivity index (χ0v) is 10.1. The van der Waals surface area contributed by atoms with Gasteiger partial charge in [-0.3, -0.25) is 0 Å². The highest BCUT2D eigenvalue weighted by atomic mass is 79.9. The third kappa shape index (κ3) is 2.94. The Morgan fingerprint density at radius 2 is 2.07 bits per heavy atom. The number of rotatable bonds is 3. The summed E-state index contributed by atoms with van der Waals surface area (Å²) < 4.78 is 0.402. The number of carboxylic acids is 1. The van der Waals surface area contributed by atoms with Crippen LogP contribution in [0.25, 0.3) is 0 Å². The first-order valence-electron chi connectivity index (χ1n) is 4.31. The molecule has 0 saturated carbocycles. The number of hydrogen-bond donors (Lipinski definition) is 2. The Hall–Kier alpha value is -1.07. The molecular weight excluding hydrogens is 262 g/mol. The highest BCUT2D eigenvalue weighted by Gasteiger charge is 2.12. The Labute approximate surface area is 96.3 Å². The second kappa shape index (κ2) is 4.63. The van der Waals surface area contributed by atoms with Crippen molar-refractivity contribution in [1.29, 1.82) is 0 Å². The van der Waals surface area contributed by atoms with Crippen molar-refractivity contribution in [2.24, 2.45) is 0 Å². The molecular formula is C10H12BrNO3. The van der Waals surface area contributed by atoms with Crippen LogP contribution in [0, 0.1) is 0 Å². The van der Waals surface area contributed by atoms with Crippen LogP contribution in [-0.4, -0.2) is 35.2 Å². The lowest BCUT2D eigenvalue weighted by molar-refractivity contribution is 0.0696. The van der Waals surface area contributed by atoms with E-state index in [1.165, 1.54) is 12.1 Å². The van der Waals surface area contributed by atoms with Crippen molar-refractivity contribution >= 4 is 21.9 Å². The first kappa shape index (κ1) is 12.0. The summed E-state index contributed by atoms with van der Waals surface area (Å²) >= 11 is 3.12. The summed E-state index contributed by atoms with van der Waals surface area (Å²) in [7, 11) is 3.70. The molecule has 1 aromatic carbocycles. The molecule has 1 aromatic rings. The summed E-state index contributed by atoms with van der Waals surface area (Å²) in [6, 6.07) is 2.86. The molecule has 0 atom stereocenters. The standard InChI is InChI=1S/C10H12BrNO3/c1-12(2)5-7-3-6(10(14)15)4-8(11)9(7)13/h3-4,13H,5H2,1-2H3,(H,14,15). The minimum atomic E-state index is -1.00. The number of nitrogens with zero attached hydrogens (tertiary/aromatic N) is 1. The molecule has 0 amide bonds. The van der Waals surface area contributed by atoms with E-state index in [1.54, 1.807) is 0 Å². The van der Waals surface area contributed by atoms with Crippen LogP contribution in [0.3, 0.4) is 0 Å². The van der Waals surface area contributed by atoms with E-state index in [-0.39, 0.29) is 11.3 Å². The molecule has 0 unspecified atom stereocenters. The molecule has 4 nitrogen and oxygen atoms in total. The smallest absolute Gasteiger partial charge is 0.335 e. The molecule has 0 saturated heterocycles. The fourth-order valence-corrected chi connectivity index (χ4v) is 1.74. The molecule has 82 valence electrons. The maximum Gasteiger partial charge on any atom is 0.335 e. The van der Waals surface area contributed by atoms with Crippen LogP contribution in [0.5, 0.6) is 5.75 Å². The van der Waals surface area contributed by atoms with E-state index in [0.717, 1.165) is 0 Å². The van der Waals surface area contributed by atoms with Crippen molar-refractivity contribution in [2.45, 2.75) is 6.54 Å². The molecule has 0 aromatic heterocycles. The quantitative estimate of drug-likeness (QED) is 0.884. The van der Waals surface area contributed by atoms with E-state index in [0.29, 0.717) is 16.6 Å². The summed E-state index contributed by atoms with van der Waals surface area (Å²) in [6.07, 6.45) is 0. The van der Waals surface area contributed by atoms with E-state index in [4.69, 9.17) is 5.11 Å². The van der Waals surface area contributed by atoms with Gasteiger partial charge < -0.3 is 15.1 Å². The van der Waals surface area contributed by atoms with Gasteiger partial charge in [0.05, 0.1) is 10.0 Å². The number of aromatic hydroxyl groups is 1. The molecule has 0 bridgehead atoms. The lowest BCUT2D eigenvalue weighted by Crippen LogP contribution is -2.11. The number of hydrogen-bond acceptors (Lipinski definition) is 3. The number of carbonyl (C=O) groups is 1. The van der Waals surface area contributed by atoms with Crippen molar-refractivity contribution in [1.82, 2.24) is 4.90 Å². The molecule has 5 heteroatoms. The minimum Gasteiger partial charge on any atom is -0.506 e. The number of carboxylic acid groups (broad SMARTS) is 1. The Balaban J connectivity index is 3.19. The normalized spacial score (nSPS) is 10.7. The average molecular weight is 274 g/mol. The fourth-order valence-electron chi connectivity index (χ4n) is 1.24. The first-order valence-corrected chi connectivity index (χ1v) is 5.10. The molecule has 15 heavy (non-hydrogen) atoms. The van der Waals surface area contributed by atoms with Gasteiger partial charge in [-0.15, -0.1) is 0 Å². The average Bonchev–Trinajstić information content (AvgIpc) is 2.11. The van der Waals surface area contributed by atoms with E-state index >= 15 is 0 Å². The van der Waals surface area contributed by atoms with Gasteiger partial charge in [0.25, 0.3) is 0 Å². The maximum atomic E-state index is 10.8. The number of aromatic carboxylic acids is 1. The summed E-state index contributed by atoms with van der Waals surface area (Å²) in [6.45, 7) is 0.492. The Bertz CT molecular complexity index is 390. The van der Waals surface area contributed by atoms with Crippen molar-refractivity contribution in [3.05, 3.63) is 27.7 Å². The van der Waals surface area contributed by atoms with Crippen LogP contribution in [0.2, 0.25) is 0 Å². The van der Waals surface area contributed by atoms with Crippen LogP contribution >= 0.6 is 15.9 Å². The predicted molar refractivity (Wildman–Crippen MR) is 60.2 cm³/mol. The van der Waals surface area contributed by atoms with Gasteiger partial charge in [0.2, 0.25) is 0 Å². The Morgan fingerprint density at radius 1 is 1.47 bits per heavy atom. The van der Waals surface area contributed by atoms with Gasteiger partial charge in [-0.05, 0) is 42.2 Å². The van der Waals surface area contributed by atoms with Crippen LogP contribution < -0.4 is 0 Å². The summed E-state index contributed by atoms with van der Waals surface area (Å²) in [5.74, 6) is -0.913. The van der Waals surface area contributed by atoms with Crippen molar-refractivity contribution in [3.63, 3.8) is 0 Å². The second-order valence-corrected chi connectivity index (χ2v) is 4.36. The highest BCUT2D eigenvalue weighted by molar-refractivity contribution is 9.10. The van der Waals surface area contributed by atoms with E-state index in [2.05, 4.69) is 15.9 Å². The molecule has 2 N–H and O–H groups in total. The van der Waals surface area contributed by atoms with Gasteiger partial charge in [0.15, 0.2) is 0 Å². The molecule has 0 radical (unpaired) electrons. The Kier molecular flexibility index (Phi) is 3.71. The number of benzene rings is 1. The molecule has 0 aliphatic rings. The van der Waals surface area contributed by atoms with Gasteiger partial charge in [-0.1, -0.05) is 0 Å². The van der Waals surface area contributed by atoms with Crippen LogP contribution in [-0.2, 0) is 6.54 Å². The number of phenolic OH excluding ortho intramolecular Hbond substituents is 1. The van der Waals surface area contributed by atoms with Gasteiger partial charge in [-0.2, -0.15) is 0 Å². The summed E-state index contributed by atoms with van der Waals surface area (Å²) in [5.41, 5.74) is 0.753. The first-order chi connectivity index (χ1) is 6.91. The predicted octanol–water partition coefficient (Wildman–Crippen LogP) is 1.91. The number of halogens is 1. The zero-order chi connectivity index (χ0) is 11.6. The van der Waals surface area contributed by atoms with Crippen molar-refractivity contribution in [2.75, 3.05) is 14.1 Å². The third-order valence-corrected chi connectivity index (χ3v) is 2.48. The lowest BCUT2D eigenvalue weighted by atomic mass is 10.1. The monoisotopic (exact) mass is 273 g/mol. The number of phenols is 1. The van der Waals surface area contributed by atoms with E-state index in [9.17, 15) is 9.90 Å². The van der Waals surface area contributed by atoms with E-state index < -0.39 is 5.97 Å². The molecule has 0 aliphatic carbocycles. The highest BCUT2D eigenvalue weighted by Crippen LogP contribution is 2.30. The van der Waals surface area contributed by atoms with E-state index in [1.807, 2.05) is 19.0 Å². The van der Waals surface area contributed by atoms with Gasteiger partial charge in [0, 0.05) is 12.1 Å². The maximum absolute atomic E-state index is 10.8. The largest absolute Gasteiger partial charge is 0.506 e. The second-order valence-electron chi connectivity index (χ2n) is 3.51. The zero-order valence-electron chi connectivity index (χ0n) is 8.49. The van der Waals surface area contributed by atoms with Crippen molar-refractivity contribution in [3.8, 4) is 5.75 Å². The van der Waals surface area contributed by atoms with Gasteiger partial charge in [-0.25, -0.2) is 4.79 Å². The van der Waals surface area contributed by atoms with Gasteiger partial charge >= 0.3 is 5.97 Å². The topological polar surface area (TPSA) is 60.8 Å². The molecule has 0 heterocycles. The van der Waals surface area contributed by atoms with Crippen LogP contribution in [0.1, 0.15) is 15.9 Å².